The van der Waals surface area contributed by atoms with Gasteiger partial charge in [0.2, 0.25) is 0 Å². The van der Waals surface area contributed by atoms with Gasteiger partial charge in [0.1, 0.15) is 0 Å². The summed E-state index contributed by atoms with van der Waals surface area (Å²) < 4.78 is 4.87. The molecule has 6 nitrogen and oxygen atoms in total. The minimum absolute atomic E-state index is 0.158. The van der Waals surface area contributed by atoms with E-state index in [4.69, 9.17) is 4.74 Å². The molecule has 0 saturated carbocycles. The lowest BCUT2D eigenvalue weighted by Gasteiger charge is -2.19. The number of aromatic nitrogens is 2. The van der Waals surface area contributed by atoms with Crippen molar-refractivity contribution in [3.63, 3.8) is 0 Å². The van der Waals surface area contributed by atoms with Crippen molar-refractivity contribution in [2.75, 3.05) is 31.6 Å². The monoisotopic (exact) mass is 312 g/mol. The summed E-state index contributed by atoms with van der Waals surface area (Å²) in [7, 11) is 1.49. The van der Waals surface area contributed by atoms with Crippen LogP contribution in [0.5, 0.6) is 6.01 Å². The van der Waals surface area contributed by atoms with E-state index in [1.54, 1.807) is 0 Å². The van der Waals surface area contributed by atoms with Crippen molar-refractivity contribution >= 4 is 11.6 Å². The molecule has 23 heavy (non-hydrogen) atoms. The molecule has 0 fully saturated rings. The molecule has 0 bridgehead atoms. The maximum Gasteiger partial charge on any atom is 0.316 e. The predicted octanol–water partition coefficient (Wildman–Crippen LogP) is 1.67. The molecule has 0 saturated heterocycles. The molecule has 1 aliphatic rings. The summed E-state index contributed by atoms with van der Waals surface area (Å²) in [6.07, 6.45) is 4.94. The molecular weight excluding hydrogens is 292 g/mol. The van der Waals surface area contributed by atoms with E-state index < -0.39 is 0 Å². The first-order valence-electron chi connectivity index (χ1n) is 7.75. The Morgan fingerprint density at radius 1 is 1.30 bits per heavy atom. The van der Waals surface area contributed by atoms with E-state index in [0.29, 0.717) is 12.1 Å². The molecule has 120 valence electrons. The molecular formula is C17H20N4O2. The average Bonchev–Trinajstić information content (AvgIpc) is 3.02. The Bertz CT molecular complexity index is 673. The molecule has 1 aromatic carbocycles. The van der Waals surface area contributed by atoms with E-state index in [0.717, 1.165) is 25.9 Å². The van der Waals surface area contributed by atoms with E-state index in [1.807, 2.05) is 0 Å². The van der Waals surface area contributed by atoms with Crippen molar-refractivity contribution in [1.29, 1.82) is 0 Å². The third kappa shape index (κ3) is 3.59. The summed E-state index contributed by atoms with van der Waals surface area (Å²) in [6, 6.07) is 8.76. The van der Waals surface area contributed by atoms with Crippen molar-refractivity contribution in [2.24, 2.45) is 0 Å². The molecule has 6 heteroatoms. The van der Waals surface area contributed by atoms with Gasteiger partial charge in [-0.2, -0.15) is 0 Å². The van der Waals surface area contributed by atoms with Crippen LogP contribution in [0, 0.1) is 0 Å². The lowest BCUT2D eigenvalue weighted by atomic mass is 10.2. The van der Waals surface area contributed by atoms with Gasteiger partial charge < -0.3 is 15.0 Å². The van der Waals surface area contributed by atoms with Crippen LogP contribution in [0.4, 0.5) is 5.69 Å². The molecule has 0 aliphatic carbocycles. The van der Waals surface area contributed by atoms with Crippen molar-refractivity contribution in [3.8, 4) is 6.01 Å². The Kier molecular flexibility index (Phi) is 4.71. The third-order valence-electron chi connectivity index (χ3n) is 3.95. The Morgan fingerprint density at radius 2 is 2.09 bits per heavy atom. The highest BCUT2D eigenvalue weighted by molar-refractivity contribution is 5.93. The van der Waals surface area contributed by atoms with Crippen LogP contribution in [0.2, 0.25) is 0 Å². The molecule has 1 aromatic heterocycles. The largest absolute Gasteiger partial charge is 0.467 e. The zero-order valence-electron chi connectivity index (χ0n) is 13.2. The van der Waals surface area contributed by atoms with Crippen molar-refractivity contribution in [1.82, 2.24) is 15.3 Å². The predicted molar refractivity (Wildman–Crippen MR) is 87.9 cm³/mol. The highest BCUT2D eigenvalue weighted by Gasteiger charge is 2.17. The van der Waals surface area contributed by atoms with E-state index in [1.165, 1.54) is 30.8 Å². The number of hydrogen-bond donors (Lipinski definition) is 1. The van der Waals surface area contributed by atoms with Crippen LogP contribution in [0.25, 0.3) is 0 Å². The summed E-state index contributed by atoms with van der Waals surface area (Å²) in [4.78, 5) is 22.2. The number of anilines is 1. The van der Waals surface area contributed by atoms with Crippen LogP contribution in [0.15, 0.2) is 36.7 Å². The van der Waals surface area contributed by atoms with Gasteiger partial charge in [0.25, 0.3) is 5.91 Å². The van der Waals surface area contributed by atoms with Crippen LogP contribution >= 0.6 is 0 Å². The van der Waals surface area contributed by atoms with Gasteiger partial charge in [-0.3, -0.25) is 4.79 Å². The first-order valence-corrected chi connectivity index (χ1v) is 7.75. The van der Waals surface area contributed by atoms with Gasteiger partial charge >= 0.3 is 6.01 Å². The molecule has 3 rings (SSSR count). The molecule has 0 radical (unpaired) electrons. The summed E-state index contributed by atoms with van der Waals surface area (Å²) >= 11 is 0. The van der Waals surface area contributed by atoms with Gasteiger partial charge in [0, 0.05) is 37.7 Å². The topological polar surface area (TPSA) is 67.3 Å². The standard InChI is InChI=1S/C17H20N4O2/c1-23-17-19-11-14(12-20-17)16(22)18-8-4-9-21-10-7-13-5-2-3-6-15(13)21/h2-3,5-6,11-12H,4,7-10H2,1H3,(H,18,22). The second-order valence-electron chi connectivity index (χ2n) is 5.43. The minimum Gasteiger partial charge on any atom is -0.467 e. The van der Waals surface area contributed by atoms with Gasteiger partial charge in [-0.25, -0.2) is 9.97 Å². The zero-order chi connectivity index (χ0) is 16.1. The molecule has 2 heterocycles. The molecule has 1 amide bonds. The molecule has 0 unspecified atom stereocenters. The Morgan fingerprint density at radius 3 is 2.87 bits per heavy atom. The van der Waals surface area contributed by atoms with Crippen LogP contribution in [0.3, 0.4) is 0 Å². The van der Waals surface area contributed by atoms with E-state index in [-0.39, 0.29) is 11.9 Å². The first-order chi connectivity index (χ1) is 11.3. The Hall–Kier alpha value is -2.63. The summed E-state index contributed by atoms with van der Waals surface area (Å²) in [5, 5.41) is 2.90. The van der Waals surface area contributed by atoms with E-state index in [9.17, 15) is 4.79 Å². The van der Waals surface area contributed by atoms with Crippen LogP contribution in [-0.2, 0) is 6.42 Å². The summed E-state index contributed by atoms with van der Waals surface area (Å²) in [5.41, 5.74) is 3.17. The second-order valence-corrected chi connectivity index (χ2v) is 5.43. The Labute approximate surface area is 135 Å². The van der Waals surface area contributed by atoms with E-state index in [2.05, 4.69) is 44.5 Å². The first kappa shape index (κ1) is 15.3. The van der Waals surface area contributed by atoms with Gasteiger partial charge in [-0.05, 0) is 24.5 Å². The zero-order valence-corrected chi connectivity index (χ0v) is 13.2. The summed E-state index contributed by atoms with van der Waals surface area (Å²) in [6.45, 7) is 2.62. The number of rotatable bonds is 6. The number of benzene rings is 1. The maximum atomic E-state index is 12.0. The smallest absolute Gasteiger partial charge is 0.316 e. The number of amides is 1. The number of hydrogen-bond acceptors (Lipinski definition) is 5. The molecule has 2 aromatic rings. The number of carbonyl (C=O) groups excluding carboxylic acids is 1. The van der Waals surface area contributed by atoms with Gasteiger partial charge in [-0.15, -0.1) is 0 Å². The van der Waals surface area contributed by atoms with Crippen LogP contribution < -0.4 is 15.0 Å². The normalized spacial score (nSPS) is 12.8. The number of methoxy groups -OCH3 is 1. The number of ether oxygens (including phenoxy) is 1. The summed E-state index contributed by atoms with van der Waals surface area (Å²) in [5.74, 6) is -0.158. The van der Waals surface area contributed by atoms with Crippen molar-refractivity contribution in [2.45, 2.75) is 12.8 Å². The SMILES string of the molecule is COc1ncc(C(=O)NCCCN2CCc3ccccc32)cn1. The van der Waals surface area contributed by atoms with Crippen LogP contribution in [0.1, 0.15) is 22.3 Å². The van der Waals surface area contributed by atoms with Gasteiger partial charge in [0.05, 0.1) is 12.7 Å². The third-order valence-corrected chi connectivity index (χ3v) is 3.95. The highest BCUT2D eigenvalue weighted by atomic mass is 16.5. The fourth-order valence-electron chi connectivity index (χ4n) is 2.75. The Balaban J connectivity index is 1.44. The number of fused-ring (bicyclic) bond motifs is 1. The maximum absolute atomic E-state index is 12.0. The molecule has 1 N–H and O–H groups in total. The van der Waals surface area contributed by atoms with Crippen molar-refractivity contribution in [3.05, 3.63) is 47.8 Å². The number of carbonyl (C=O) groups is 1. The fraction of sp³-hybridized carbons (Fsp3) is 0.353. The van der Waals surface area contributed by atoms with Crippen molar-refractivity contribution < 1.29 is 9.53 Å². The quantitative estimate of drug-likeness (QED) is 0.822. The van der Waals surface area contributed by atoms with Gasteiger partial charge in [0.15, 0.2) is 0 Å². The minimum atomic E-state index is -0.158. The van der Waals surface area contributed by atoms with E-state index >= 15 is 0 Å². The fourth-order valence-corrected chi connectivity index (χ4v) is 2.75. The highest BCUT2D eigenvalue weighted by Crippen LogP contribution is 2.27. The van der Waals surface area contributed by atoms with Gasteiger partial charge in [-0.1, -0.05) is 18.2 Å². The number of para-hydroxylation sites is 1. The molecule has 0 atom stereocenters. The molecule has 0 spiro atoms. The number of nitrogens with one attached hydrogen (secondary N) is 1. The van der Waals surface area contributed by atoms with Crippen LogP contribution in [-0.4, -0.2) is 42.6 Å². The average molecular weight is 312 g/mol. The lowest BCUT2D eigenvalue weighted by Crippen LogP contribution is -2.29. The lowest BCUT2D eigenvalue weighted by molar-refractivity contribution is 0.0952. The number of nitrogens with zero attached hydrogens (tertiary/aromatic N) is 3. The molecule has 1 aliphatic heterocycles. The second kappa shape index (κ2) is 7.09.